The summed E-state index contributed by atoms with van der Waals surface area (Å²) in [5.41, 5.74) is 19.7. The maximum absolute atomic E-state index is 4.85. The summed E-state index contributed by atoms with van der Waals surface area (Å²) in [5, 5.41) is 0. The van der Waals surface area contributed by atoms with Crippen LogP contribution in [0.25, 0.3) is 22.3 Å². The minimum Gasteiger partial charge on any atom is -0.292 e. The standard InChI is InChI=1S/C32H21N3/c1-2-6-24-18(4-1)12-20-7-8-25-26(29(20)24)16-22-14-23-13-21-5-3-10-34-32(21)35-28-17-33-11-9-19(28)15-27(30(22)25)31(23)35/h1-11,14,17H,12-13,15-16H2. The number of hydrogen-bond donors (Lipinski definition) is 0. The van der Waals surface area contributed by atoms with E-state index in [2.05, 4.69) is 70.5 Å². The lowest BCUT2D eigenvalue weighted by Crippen LogP contribution is -2.26. The summed E-state index contributed by atoms with van der Waals surface area (Å²) in [7, 11) is 0. The van der Waals surface area contributed by atoms with E-state index in [1.807, 2.05) is 18.6 Å². The molecule has 3 nitrogen and oxygen atoms in total. The molecule has 2 aliphatic carbocycles. The molecule has 164 valence electrons. The SMILES string of the molecule is c1ccc2c(c1)Cc1ccc3c(c1-2)Cc1cc2c4c(c1-3)Cc1ccncc1N4c1ncccc1C2. The summed E-state index contributed by atoms with van der Waals surface area (Å²) in [6.07, 6.45) is 9.79. The highest BCUT2D eigenvalue weighted by Gasteiger charge is 2.38. The van der Waals surface area contributed by atoms with Gasteiger partial charge in [-0.05, 0) is 91.7 Å². The summed E-state index contributed by atoms with van der Waals surface area (Å²) >= 11 is 0. The molecule has 0 radical (unpaired) electrons. The number of benzene rings is 3. The van der Waals surface area contributed by atoms with Crippen LogP contribution < -0.4 is 4.90 Å². The Balaban J connectivity index is 1.34. The first-order chi connectivity index (χ1) is 17.3. The Kier molecular flexibility index (Phi) is 3.24. The van der Waals surface area contributed by atoms with Gasteiger partial charge in [-0.1, -0.05) is 48.5 Å². The van der Waals surface area contributed by atoms with Gasteiger partial charge in [0.25, 0.3) is 0 Å². The minimum atomic E-state index is 0.933. The van der Waals surface area contributed by atoms with Crippen LogP contribution in [0.5, 0.6) is 0 Å². The molecule has 9 rings (SSSR count). The second-order valence-corrected chi connectivity index (χ2v) is 10.2. The summed E-state index contributed by atoms with van der Waals surface area (Å²) < 4.78 is 0. The lowest BCUT2D eigenvalue weighted by molar-refractivity contribution is 0.971. The summed E-state index contributed by atoms with van der Waals surface area (Å²) in [6.45, 7) is 0. The van der Waals surface area contributed by atoms with Crippen LogP contribution in [0.1, 0.15) is 44.5 Å². The molecular formula is C32H21N3. The van der Waals surface area contributed by atoms with Gasteiger partial charge in [0.05, 0.1) is 17.6 Å². The topological polar surface area (TPSA) is 29.0 Å². The molecule has 4 aliphatic rings. The lowest BCUT2D eigenvalue weighted by atomic mass is 9.83. The van der Waals surface area contributed by atoms with Crippen LogP contribution in [0.2, 0.25) is 0 Å². The molecule has 0 fully saturated rings. The Morgan fingerprint density at radius 1 is 0.600 bits per heavy atom. The number of aromatic nitrogens is 2. The van der Waals surface area contributed by atoms with Crippen LogP contribution >= 0.6 is 0 Å². The molecule has 2 aliphatic heterocycles. The van der Waals surface area contributed by atoms with Crippen LogP contribution in [0, 0.1) is 0 Å². The van der Waals surface area contributed by atoms with E-state index in [4.69, 9.17) is 4.98 Å². The molecule has 0 bridgehead atoms. The van der Waals surface area contributed by atoms with Crippen molar-refractivity contribution >= 4 is 17.2 Å². The molecule has 0 amide bonds. The molecule has 3 aromatic carbocycles. The summed E-state index contributed by atoms with van der Waals surface area (Å²) in [4.78, 5) is 11.7. The van der Waals surface area contributed by atoms with E-state index in [1.165, 1.54) is 78.1 Å². The van der Waals surface area contributed by atoms with E-state index in [-0.39, 0.29) is 0 Å². The maximum Gasteiger partial charge on any atom is 0.141 e. The second-order valence-electron chi connectivity index (χ2n) is 10.2. The van der Waals surface area contributed by atoms with Gasteiger partial charge in [-0.15, -0.1) is 0 Å². The van der Waals surface area contributed by atoms with Crippen LogP contribution in [0.4, 0.5) is 17.2 Å². The quantitative estimate of drug-likeness (QED) is 0.253. The summed E-state index contributed by atoms with van der Waals surface area (Å²) in [5.74, 6) is 1.05. The van der Waals surface area contributed by atoms with Crippen molar-refractivity contribution < 1.29 is 0 Å². The average molecular weight is 448 g/mol. The van der Waals surface area contributed by atoms with Crippen LogP contribution in [-0.4, -0.2) is 9.97 Å². The van der Waals surface area contributed by atoms with Gasteiger partial charge in [0.1, 0.15) is 5.82 Å². The molecule has 0 saturated carbocycles. The van der Waals surface area contributed by atoms with Crippen molar-refractivity contribution in [1.82, 2.24) is 9.97 Å². The fourth-order valence-electron chi connectivity index (χ4n) is 7.10. The minimum absolute atomic E-state index is 0.933. The van der Waals surface area contributed by atoms with Crippen molar-refractivity contribution in [1.29, 1.82) is 0 Å². The number of anilines is 3. The number of rotatable bonds is 0. The highest BCUT2D eigenvalue weighted by Crippen LogP contribution is 2.56. The molecule has 0 unspecified atom stereocenters. The van der Waals surface area contributed by atoms with Gasteiger partial charge in [0.2, 0.25) is 0 Å². The van der Waals surface area contributed by atoms with Gasteiger partial charge >= 0.3 is 0 Å². The Morgan fingerprint density at radius 2 is 1.46 bits per heavy atom. The first-order valence-electron chi connectivity index (χ1n) is 12.4. The highest BCUT2D eigenvalue weighted by molar-refractivity contribution is 5.97. The number of nitrogens with zero attached hydrogens (tertiary/aromatic N) is 3. The third kappa shape index (κ3) is 2.21. The predicted molar refractivity (Wildman–Crippen MR) is 139 cm³/mol. The molecule has 0 spiro atoms. The molecular weight excluding hydrogens is 426 g/mol. The smallest absolute Gasteiger partial charge is 0.141 e. The van der Waals surface area contributed by atoms with Gasteiger partial charge in [0, 0.05) is 25.2 Å². The van der Waals surface area contributed by atoms with Crippen molar-refractivity contribution in [3.8, 4) is 22.3 Å². The zero-order chi connectivity index (χ0) is 22.7. The zero-order valence-corrected chi connectivity index (χ0v) is 19.2. The molecule has 35 heavy (non-hydrogen) atoms. The zero-order valence-electron chi connectivity index (χ0n) is 19.2. The van der Waals surface area contributed by atoms with E-state index < -0.39 is 0 Å². The summed E-state index contributed by atoms with van der Waals surface area (Å²) in [6, 6.07) is 22.7. The highest BCUT2D eigenvalue weighted by atomic mass is 15.2. The molecule has 4 heterocycles. The van der Waals surface area contributed by atoms with Crippen molar-refractivity contribution in [3.63, 3.8) is 0 Å². The number of pyridine rings is 2. The third-order valence-electron chi connectivity index (χ3n) is 8.44. The predicted octanol–water partition coefficient (Wildman–Crippen LogP) is 6.90. The van der Waals surface area contributed by atoms with E-state index in [0.717, 1.165) is 31.5 Å². The fourth-order valence-corrected chi connectivity index (χ4v) is 7.10. The maximum atomic E-state index is 4.85. The molecule has 2 aromatic heterocycles. The first-order valence-corrected chi connectivity index (χ1v) is 12.4. The molecule has 0 saturated heterocycles. The Morgan fingerprint density at radius 3 is 2.46 bits per heavy atom. The van der Waals surface area contributed by atoms with Gasteiger partial charge in [-0.3, -0.25) is 9.88 Å². The van der Waals surface area contributed by atoms with Gasteiger partial charge in [-0.2, -0.15) is 0 Å². The average Bonchev–Trinajstić information content (AvgIpc) is 3.46. The second kappa shape index (κ2) is 6.25. The van der Waals surface area contributed by atoms with Crippen LogP contribution in [0.3, 0.4) is 0 Å². The van der Waals surface area contributed by atoms with E-state index in [0.29, 0.717) is 0 Å². The van der Waals surface area contributed by atoms with Gasteiger partial charge in [0.15, 0.2) is 0 Å². The Labute approximate surface area is 203 Å². The van der Waals surface area contributed by atoms with Crippen LogP contribution in [-0.2, 0) is 25.7 Å². The number of hydrogen-bond acceptors (Lipinski definition) is 3. The van der Waals surface area contributed by atoms with E-state index in [9.17, 15) is 0 Å². The monoisotopic (exact) mass is 447 g/mol. The number of fused-ring (bicyclic) bond motifs is 12. The first kappa shape index (κ1) is 18.1. The van der Waals surface area contributed by atoms with Crippen LogP contribution in [0.15, 0.2) is 79.3 Å². The third-order valence-corrected chi connectivity index (χ3v) is 8.44. The molecule has 5 aromatic rings. The molecule has 0 N–H and O–H groups in total. The fraction of sp³-hybridized carbons (Fsp3) is 0.125. The van der Waals surface area contributed by atoms with E-state index >= 15 is 0 Å². The molecule has 3 heteroatoms. The Bertz CT molecular complexity index is 1750. The van der Waals surface area contributed by atoms with E-state index in [1.54, 1.807) is 0 Å². The lowest BCUT2D eigenvalue weighted by Gasteiger charge is -2.39. The normalized spacial score (nSPS) is 14.9. The largest absolute Gasteiger partial charge is 0.292 e. The van der Waals surface area contributed by atoms with Gasteiger partial charge in [-0.25, -0.2) is 4.98 Å². The Hall–Kier alpha value is -4.24. The molecule has 0 atom stereocenters. The van der Waals surface area contributed by atoms with Crippen molar-refractivity contribution in [2.24, 2.45) is 0 Å². The van der Waals surface area contributed by atoms with Crippen molar-refractivity contribution in [2.75, 3.05) is 4.90 Å². The van der Waals surface area contributed by atoms with Gasteiger partial charge < -0.3 is 0 Å². The van der Waals surface area contributed by atoms with Crippen molar-refractivity contribution in [3.05, 3.63) is 124 Å². The van der Waals surface area contributed by atoms with Crippen molar-refractivity contribution in [2.45, 2.75) is 25.7 Å².